The summed E-state index contributed by atoms with van der Waals surface area (Å²) in [5, 5.41) is 7.05. The molecule has 0 saturated carbocycles. The van der Waals surface area contributed by atoms with E-state index in [0.717, 1.165) is 35.8 Å². The Morgan fingerprint density at radius 2 is 2.08 bits per heavy atom. The molecule has 0 N–H and O–H groups in total. The Morgan fingerprint density at radius 3 is 2.88 bits per heavy atom. The molecule has 1 atom stereocenters. The molecule has 3 heterocycles. The molecule has 0 amide bonds. The van der Waals surface area contributed by atoms with Gasteiger partial charge in [-0.1, -0.05) is 24.3 Å². The Balaban J connectivity index is 1.66. The second kappa shape index (κ2) is 6.52. The van der Waals surface area contributed by atoms with E-state index in [0.29, 0.717) is 6.04 Å². The van der Waals surface area contributed by atoms with Gasteiger partial charge in [-0.15, -0.1) is 11.3 Å². The van der Waals surface area contributed by atoms with Crippen molar-refractivity contribution in [1.29, 1.82) is 0 Å². The van der Waals surface area contributed by atoms with Crippen LogP contribution in [0.15, 0.2) is 35.7 Å². The van der Waals surface area contributed by atoms with E-state index in [-0.39, 0.29) is 0 Å². The van der Waals surface area contributed by atoms with Gasteiger partial charge in [0.2, 0.25) is 0 Å². The maximum Gasteiger partial charge on any atom is 0.199 e. The van der Waals surface area contributed by atoms with Crippen molar-refractivity contribution in [2.24, 2.45) is 7.05 Å². The summed E-state index contributed by atoms with van der Waals surface area (Å²) >= 11 is 7.54. The minimum absolute atomic E-state index is 0.404. The lowest BCUT2D eigenvalue weighted by Crippen LogP contribution is -2.35. The number of hydrogen-bond acceptors (Lipinski definition) is 4. The van der Waals surface area contributed by atoms with Crippen molar-refractivity contribution < 1.29 is 0 Å². The molecule has 0 spiro atoms. The zero-order valence-electron chi connectivity index (χ0n) is 14.8. The average molecular weight is 371 g/mol. The lowest BCUT2D eigenvalue weighted by molar-refractivity contribution is 0.144. The molecule has 1 aliphatic rings. The van der Waals surface area contributed by atoms with E-state index in [1.807, 2.05) is 27.6 Å². The van der Waals surface area contributed by atoms with Crippen LogP contribution in [0.2, 0.25) is 0 Å². The molecule has 0 aliphatic carbocycles. The third-order valence-corrected chi connectivity index (χ3v) is 6.63. The predicted octanol–water partition coefficient (Wildman–Crippen LogP) is 4.56. The zero-order valence-corrected chi connectivity index (χ0v) is 16.4. The Kier molecular flexibility index (Phi) is 4.35. The molecule has 0 fully saturated rings. The van der Waals surface area contributed by atoms with Gasteiger partial charge in [0.25, 0.3) is 0 Å². The molecule has 1 aliphatic heterocycles. The molecule has 6 heteroatoms. The normalized spacial score (nSPS) is 17.6. The van der Waals surface area contributed by atoms with Gasteiger partial charge < -0.3 is 4.57 Å². The van der Waals surface area contributed by atoms with Gasteiger partial charge in [0.15, 0.2) is 10.6 Å². The second-order valence-corrected chi connectivity index (χ2v) is 8.02. The third-order valence-electron chi connectivity index (χ3n) is 5.15. The van der Waals surface area contributed by atoms with Crippen LogP contribution in [-0.2, 0) is 20.1 Å². The van der Waals surface area contributed by atoms with Gasteiger partial charge in [0.1, 0.15) is 0 Å². The molecule has 0 unspecified atom stereocenters. The summed E-state index contributed by atoms with van der Waals surface area (Å²) < 4.78 is 4.74. The summed E-state index contributed by atoms with van der Waals surface area (Å²) in [6.07, 6.45) is 1.11. The van der Waals surface area contributed by atoms with Gasteiger partial charge in [0, 0.05) is 30.1 Å². The summed E-state index contributed by atoms with van der Waals surface area (Å²) in [5.41, 5.74) is 3.81. The number of hydrogen-bond donors (Lipinski definition) is 0. The molecule has 0 radical (unpaired) electrons. The Hall–Kier alpha value is -1.76. The molecule has 3 aromatic rings. The van der Waals surface area contributed by atoms with Gasteiger partial charge in [-0.25, -0.2) is 4.68 Å². The first-order valence-electron chi connectivity index (χ1n) is 8.56. The van der Waals surface area contributed by atoms with Crippen LogP contribution >= 0.6 is 23.6 Å². The molecule has 130 valence electrons. The largest absolute Gasteiger partial charge is 0.303 e. The molecule has 1 aromatic carbocycles. The molecule has 4 rings (SSSR count). The fourth-order valence-corrected chi connectivity index (χ4v) is 4.71. The van der Waals surface area contributed by atoms with E-state index in [2.05, 4.69) is 54.5 Å². The van der Waals surface area contributed by atoms with Crippen molar-refractivity contribution in [3.8, 4) is 11.4 Å². The van der Waals surface area contributed by atoms with Gasteiger partial charge in [-0.2, -0.15) is 5.10 Å². The molecular formula is C19H22N4S2. The van der Waals surface area contributed by atoms with Crippen LogP contribution in [0.3, 0.4) is 0 Å². The second-order valence-electron chi connectivity index (χ2n) is 6.66. The minimum atomic E-state index is 0.404. The maximum absolute atomic E-state index is 5.66. The fraction of sp³-hybridized carbons (Fsp3) is 0.368. The van der Waals surface area contributed by atoms with E-state index in [4.69, 9.17) is 17.3 Å². The Morgan fingerprint density at radius 1 is 1.28 bits per heavy atom. The molecule has 0 saturated heterocycles. The van der Waals surface area contributed by atoms with E-state index >= 15 is 0 Å². The van der Waals surface area contributed by atoms with Crippen molar-refractivity contribution in [2.45, 2.75) is 33.0 Å². The highest BCUT2D eigenvalue weighted by molar-refractivity contribution is 7.71. The third kappa shape index (κ3) is 2.88. The van der Waals surface area contributed by atoms with Crippen LogP contribution < -0.4 is 0 Å². The van der Waals surface area contributed by atoms with Crippen LogP contribution in [0.4, 0.5) is 0 Å². The fourth-order valence-electron chi connectivity index (χ4n) is 3.57. The first-order valence-corrected chi connectivity index (χ1v) is 9.85. The van der Waals surface area contributed by atoms with Gasteiger partial charge in [-0.3, -0.25) is 4.90 Å². The lowest BCUT2D eigenvalue weighted by atomic mass is 10.0. The van der Waals surface area contributed by atoms with Crippen LogP contribution in [0.5, 0.6) is 0 Å². The molecule has 2 aromatic heterocycles. The number of thiophene rings is 1. The maximum atomic E-state index is 5.66. The average Bonchev–Trinajstić information content (AvgIpc) is 3.19. The van der Waals surface area contributed by atoms with Crippen LogP contribution in [0.1, 0.15) is 29.0 Å². The van der Waals surface area contributed by atoms with Crippen LogP contribution in [0, 0.1) is 11.7 Å². The number of fused-ring (bicyclic) bond motifs is 1. The lowest BCUT2D eigenvalue weighted by Gasteiger charge is -2.33. The number of benzene rings is 1. The molecule has 0 bridgehead atoms. The number of aromatic nitrogens is 3. The van der Waals surface area contributed by atoms with Gasteiger partial charge >= 0.3 is 0 Å². The first kappa shape index (κ1) is 16.7. The van der Waals surface area contributed by atoms with Crippen molar-refractivity contribution in [1.82, 2.24) is 19.2 Å². The van der Waals surface area contributed by atoms with Crippen molar-refractivity contribution in [2.75, 3.05) is 6.54 Å². The monoisotopic (exact) mass is 370 g/mol. The Bertz CT molecular complexity index is 966. The smallest absolute Gasteiger partial charge is 0.199 e. The van der Waals surface area contributed by atoms with Gasteiger partial charge in [-0.05, 0) is 55.1 Å². The highest BCUT2D eigenvalue weighted by Gasteiger charge is 2.25. The van der Waals surface area contributed by atoms with E-state index < -0.39 is 0 Å². The SMILES string of the molecule is Cc1ccccc1-c1nn(CN2CCc3sccc3[C@H]2C)c(=S)n1C. The number of aryl methyl sites for hydroxylation is 1. The zero-order chi connectivity index (χ0) is 17.6. The van der Waals surface area contributed by atoms with Crippen molar-refractivity contribution >= 4 is 23.6 Å². The predicted molar refractivity (Wildman–Crippen MR) is 105 cm³/mol. The Labute approximate surface area is 157 Å². The summed E-state index contributed by atoms with van der Waals surface area (Å²) in [5.74, 6) is 0.934. The van der Waals surface area contributed by atoms with Gasteiger partial charge in [0.05, 0.1) is 6.67 Å². The van der Waals surface area contributed by atoms with Crippen molar-refractivity contribution in [3.05, 3.63) is 56.5 Å². The summed E-state index contributed by atoms with van der Waals surface area (Å²) in [7, 11) is 2.00. The van der Waals surface area contributed by atoms with Crippen molar-refractivity contribution in [3.63, 3.8) is 0 Å². The summed E-state index contributed by atoms with van der Waals surface area (Å²) in [6, 6.07) is 11.0. The van der Waals surface area contributed by atoms with Crippen LogP contribution in [-0.4, -0.2) is 25.8 Å². The quantitative estimate of drug-likeness (QED) is 0.632. The van der Waals surface area contributed by atoms with E-state index in [1.54, 1.807) is 0 Å². The minimum Gasteiger partial charge on any atom is -0.303 e. The highest BCUT2D eigenvalue weighted by Crippen LogP contribution is 2.33. The number of rotatable bonds is 3. The van der Waals surface area contributed by atoms with E-state index in [1.165, 1.54) is 16.0 Å². The van der Waals surface area contributed by atoms with Crippen LogP contribution in [0.25, 0.3) is 11.4 Å². The van der Waals surface area contributed by atoms with E-state index in [9.17, 15) is 0 Å². The molecule has 25 heavy (non-hydrogen) atoms. The molecule has 4 nitrogen and oxygen atoms in total. The first-order chi connectivity index (χ1) is 12.1. The summed E-state index contributed by atoms with van der Waals surface area (Å²) in [6.45, 7) is 6.17. The molecular weight excluding hydrogens is 348 g/mol. The number of nitrogens with zero attached hydrogens (tertiary/aromatic N) is 4. The summed E-state index contributed by atoms with van der Waals surface area (Å²) in [4.78, 5) is 3.98. The highest BCUT2D eigenvalue weighted by atomic mass is 32.1. The standard InChI is InChI=1S/C19H22N4S2/c1-13-6-4-5-7-15(13)18-20-23(19(24)21(18)3)12-22-10-8-17-16(14(22)2)9-11-25-17/h4-7,9,11,14H,8,10,12H2,1-3H3/t14-/m1/s1. The topological polar surface area (TPSA) is 26.0 Å².